The van der Waals surface area contributed by atoms with Gasteiger partial charge in [-0.1, -0.05) is 32.9 Å². The molecule has 4 nitrogen and oxygen atoms in total. The Bertz CT molecular complexity index is 769. The van der Waals surface area contributed by atoms with Crippen LogP contribution in [-0.4, -0.2) is 25.0 Å². The minimum absolute atomic E-state index is 0.0506. The SMILES string of the molecule is COc1cccc(C=CC(=O)c2sc(C(C)(C)C)nc2C)c1OC. The van der Waals surface area contributed by atoms with E-state index in [4.69, 9.17) is 9.47 Å². The standard InChI is InChI=1S/C19H23NO3S/c1-12-17(24-18(20-12)19(2,3)4)14(21)11-10-13-8-7-9-15(22-5)16(13)23-6/h7-11H,1-6H3. The number of aromatic nitrogens is 1. The molecule has 24 heavy (non-hydrogen) atoms. The van der Waals surface area contributed by atoms with Gasteiger partial charge in [-0.2, -0.15) is 0 Å². The highest BCUT2D eigenvalue weighted by Crippen LogP contribution is 2.32. The van der Waals surface area contributed by atoms with Crippen molar-refractivity contribution in [3.8, 4) is 11.5 Å². The Labute approximate surface area is 147 Å². The molecule has 0 bridgehead atoms. The van der Waals surface area contributed by atoms with Crippen molar-refractivity contribution in [3.63, 3.8) is 0 Å². The van der Waals surface area contributed by atoms with Crippen LogP contribution in [0.1, 0.15) is 46.7 Å². The monoisotopic (exact) mass is 345 g/mol. The second-order valence-corrected chi connectivity index (χ2v) is 7.46. The van der Waals surface area contributed by atoms with Gasteiger partial charge in [0.1, 0.15) is 0 Å². The Hall–Kier alpha value is -2.14. The maximum atomic E-state index is 12.5. The Balaban J connectivity index is 2.31. The average molecular weight is 345 g/mol. The molecule has 5 heteroatoms. The predicted octanol–water partition coefficient (Wildman–Crippen LogP) is 4.66. The lowest BCUT2D eigenvalue weighted by Gasteiger charge is -2.13. The molecule has 0 fully saturated rings. The molecule has 0 aliphatic heterocycles. The lowest BCUT2D eigenvalue weighted by Crippen LogP contribution is -2.10. The number of hydrogen-bond donors (Lipinski definition) is 0. The molecular formula is C19H23NO3S. The first kappa shape index (κ1) is 18.2. The van der Waals surface area contributed by atoms with Gasteiger partial charge in [0.25, 0.3) is 0 Å². The van der Waals surface area contributed by atoms with Crippen LogP contribution < -0.4 is 9.47 Å². The van der Waals surface area contributed by atoms with E-state index in [1.165, 1.54) is 11.3 Å². The normalized spacial score (nSPS) is 11.8. The molecule has 0 unspecified atom stereocenters. The number of nitrogens with zero attached hydrogens (tertiary/aromatic N) is 1. The molecule has 0 aliphatic rings. The Morgan fingerprint density at radius 1 is 1.21 bits per heavy atom. The van der Waals surface area contributed by atoms with Crippen LogP contribution in [0.25, 0.3) is 6.08 Å². The van der Waals surface area contributed by atoms with Crippen LogP contribution in [0.2, 0.25) is 0 Å². The molecule has 0 saturated carbocycles. The number of carbonyl (C=O) groups excluding carboxylic acids is 1. The zero-order valence-electron chi connectivity index (χ0n) is 15.0. The Morgan fingerprint density at radius 2 is 1.92 bits per heavy atom. The van der Waals surface area contributed by atoms with Crippen LogP contribution in [0.5, 0.6) is 11.5 Å². The van der Waals surface area contributed by atoms with Crippen molar-refractivity contribution in [2.45, 2.75) is 33.1 Å². The molecule has 0 amide bonds. The number of thiazole rings is 1. The van der Waals surface area contributed by atoms with Crippen LogP contribution in [0.3, 0.4) is 0 Å². The van der Waals surface area contributed by atoms with Crippen LogP contribution in [0, 0.1) is 6.92 Å². The van der Waals surface area contributed by atoms with Gasteiger partial charge in [-0.15, -0.1) is 11.3 Å². The van der Waals surface area contributed by atoms with Crippen molar-refractivity contribution in [2.75, 3.05) is 14.2 Å². The second-order valence-electron chi connectivity index (χ2n) is 6.46. The molecular weight excluding hydrogens is 322 g/mol. The number of hydrogen-bond acceptors (Lipinski definition) is 5. The lowest BCUT2D eigenvalue weighted by atomic mass is 9.98. The van der Waals surface area contributed by atoms with E-state index in [2.05, 4.69) is 25.8 Å². The van der Waals surface area contributed by atoms with E-state index in [1.54, 1.807) is 26.4 Å². The van der Waals surface area contributed by atoms with Crippen molar-refractivity contribution in [3.05, 3.63) is 45.4 Å². The Morgan fingerprint density at radius 3 is 2.46 bits per heavy atom. The van der Waals surface area contributed by atoms with Crippen molar-refractivity contribution in [1.29, 1.82) is 0 Å². The third-order valence-corrected chi connectivity index (χ3v) is 5.11. The van der Waals surface area contributed by atoms with Crippen molar-refractivity contribution < 1.29 is 14.3 Å². The highest BCUT2D eigenvalue weighted by atomic mass is 32.1. The minimum Gasteiger partial charge on any atom is -0.493 e. The molecule has 2 rings (SSSR count). The number of methoxy groups -OCH3 is 2. The fourth-order valence-corrected chi connectivity index (χ4v) is 3.27. The van der Waals surface area contributed by atoms with Gasteiger partial charge in [0, 0.05) is 11.0 Å². The number of benzene rings is 1. The van der Waals surface area contributed by atoms with E-state index < -0.39 is 0 Å². The van der Waals surface area contributed by atoms with Gasteiger partial charge < -0.3 is 9.47 Å². The third-order valence-electron chi connectivity index (χ3n) is 3.51. The van der Waals surface area contributed by atoms with Crippen LogP contribution >= 0.6 is 11.3 Å². The number of carbonyl (C=O) groups is 1. The third kappa shape index (κ3) is 3.85. The number of allylic oxidation sites excluding steroid dienone is 1. The summed E-state index contributed by atoms with van der Waals surface area (Å²) in [6.45, 7) is 8.16. The van der Waals surface area contributed by atoms with Gasteiger partial charge in [-0.3, -0.25) is 4.79 Å². The summed E-state index contributed by atoms with van der Waals surface area (Å²) in [5, 5.41) is 0.968. The minimum atomic E-state index is -0.0618. The summed E-state index contributed by atoms with van der Waals surface area (Å²) in [6, 6.07) is 5.56. The van der Waals surface area contributed by atoms with E-state index >= 15 is 0 Å². The lowest BCUT2D eigenvalue weighted by molar-refractivity contribution is 0.105. The zero-order chi connectivity index (χ0) is 17.9. The molecule has 0 N–H and O–H groups in total. The van der Waals surface area contributed by atoms with Crippen LogP contribution in [0.4, 0.5) is 0 Å². The van der Waals surface area contributed by atoms with Gasteiger partial charge in [0.05, 0.1) is 29.8 Å². The number of aryl methyl sites for hydroxylation is 1. The largest absolute Gasteiger partial charge is 0.493 e. The molecule has 1 aromatic heterocycles. The molecule has 128 valence electrons. The highest BCUT2D eigenvalue weighted by Gasteiger charge is 2.22. The predicted molar refractivity (Wildman–Crippen MR) is 98.5 cm³/mol. The topological polar surface area (TPSA) is 48.4 Å². The number of ketones is 1. The molecule has 0 saturated heterocycles. The van der Waals surface area contributed by atoms with E-state index in [0.717, 1.165) is 16.3 Å². The summed E-state index contributed by atoms with van der Waals surface area (Å²) in [7, 11) is 3.17. The summed E-state index contributed by atoms with van der Waals surface area (Å²) in [5.74, 6) is 1.20. The molecule has 0 aliphatic carbocycles. The first-order chi connectivity index (χ1) is 11.3. The fourth-order valence-electron chi connectivity index (χ4n) is 2.23. The van der Waals surface area contributed by atoms with Crippen LogP contribution in [-0.2, 0) is 5.41 Å². The first-order valence-electron chi connectivity index (χ1n) is 7.69. The van der Waals surface area contributed by atoms with Crippen molar-refractivity contribution >= 4 is 23.2 Å². The maximum absolute atomic E-state index is 12.5. The summed E-state index contributed by atoms with van der Waals surface area (Å²) < 4.78 is 10.7. The molecule has 1 heterocycles. The molecule has 2 aromatic rings. The van der Waals surface area contributed by atoms with E-state index in [9.17, 15) is 4.79 Å². The quantitative estimate of drug-likeness (QED) is 0.584. The van der Waals surface area contributed by atoms with Gasteiger partial charge in [-0.05, 0) is 25.1 Å². The summed E-state index contributed by atoms with van der Waals surface area (Å²) in [4.78, 5) is 17.8. The van der Waals surface area contributed by atoms with Gasteiger partial charge >= 0.3 is 0 Å². The smallest absolute Gasteiger partial charge is 0.197 e. The zero-order valence-corrected chi connectivity index (χ0v) is 15.8. The number of para-hydroxylation sites is 1. The maximum Gasteiger partial charge on any atom is 0.197 e. The molecule has 0 atom stereocenters. The van der Waals surface area contributed by atoms with Crippen molar-refractivity contribution in [2.24, 2.45) is 0 Å². The summed E-state index contributed by atoms with van der Waals surface area (Å²) >= 11 is 1.46. The van der Waals surface area contributed by atoms with Gasteiger partial charge in [0.15, 0.2) is 17.3 Å². The van der Waals surface area contributed by atoms with E-state index in [1.807, 2.05) is 25.1 Å². The number of ether oxygens (including phenoxy) is 2. The fraction of sp³-hybridized carbons (Fsp3) is 0.368. The van der Waals surface area contributed by atoms with Crippen LogP contribution in [0.15, 0.2) is 24.3 Å². The second kappa shape index (κ2) is 7.18. The van der Waals surface area contributed by atoms with E-state index in [-0.39, 0.29) is 11.2 Å². The highest BCUT2D eigenvalue weighted by molar-refractivity contribution is 7.14. The molecule has 1 aromatic carbocycles. The summed E-state index contributed by atoms with van der Waals surface area (Å²) in [6.07, 6.45) is 3.31. The Kier molecular flexibility index (Phi) is 5.44. The average Bonchev–Trinajstić information content (AvgIpc) is 2.94. The van der Waals surface area contributed by atoms with E-state index in [0.29, 0.717) is 16.4 Å². The van der Waals surface area contributed by atoms with Crippen molar-refractivity contribution in [1.82, 2.24) is 4.98 Å². The molecule has 0 spiro atoms. The first-order valence-corrected chi connectivity index (χ1v) is 8.51. The van der Waals surface area contributed by atoms with Gasteiger partial charge in [0.2, 0.25) is 0 Å². The van der Waals surface area contributed by atoms with Gasteiger partial charge in [-0.25, -0.2) is 4.98 Å². The number of rotatable bonds is 5. The summed E-state index contributed by atoms with van der Waals surface area (Å²) in [5.41, 5.74) is 1.51. The molecule has 0 radical (unpaired) electrons.